The van der Waals surface area contributed by atoms with E-state index < -0.39 is 12.0 Å². The van der Waals surface area contributed by atoms with Crippen molar-refractivity contribution in [2.45, 2.75) is 32.7 Å². The molecule has 0 saturated carbocycles. The number of nitrogens with two attached hydrogens (primary N) is 1. The van der Waals surface area contributed by atoms with Crippen molar-refractivity contribution in [3.05, 3.63) is 0 Å². The molecule has 0 aliphatic carbocycles. The Balaban J connectivity index is 3.48. The minimum absolute atomic E-state index is 0.561. The first-order valence-corrected chi connectivity index (χ1v) is 4.82. The number of carboxylic acids is 1. The average molecular weight is 188 g/mol. The normalized spacial score (nSPS) is 13.2. The molecule has 0 unspecified atom stereocenters. The molecule has 0 saturated heterocycles. The molecule has 0 heterocycles. The summed E-state index contributed by atoms with van der Waals surface area (Å²) in [6.45, 7) is 7.16. The Hall–Kier alpha value is -0.610. The lowest BCUT2D eigenvalue weighted by molar-refractivity contribution is -0.138. The summed E-state index contributed by atoms with van der Waals surface area (Å²) in [7, 11) is 0. The minimum atomic E-state index is -0.903. The number of aliphatic carboxylic acids is 1. The molecule has 4 heteroatoms. The van der Waals surface area contributed by atoms with Gasteiger partial charge in [-0.15, -0.1) is 0 Å². The fraction of sp³-hybridized carbons (Fsp3) is 0.889. The van der Waals surface area contributed by atoms with Crippen LogP contribution in [0.1, 0.15) is 26.7 Å². The molecule has 0 bridgehead atoms. The summed E-state index contributed by atoms with van der Waals surface area (Å²) in [4.78, 5) is 12.6. The van der Waals surface area contributed by atoms with Crippen LogP contribution in [-0.2, 0) is 4.79 Å². The van der Waals surface area contributed by atoms with Crippen molar-refractivity contribution in [3.63, 3.8) is 0 Å². The quantitative estimate of drug-likeness (QED) is 0.611. The fourth-order valence-electron chi connectivity index (χ4n) is 1.20. The lowest BCUT2D eigenvalue weighted by Gasteiger charge is -2.18. The Kier molecular flexibility index (Phi) is 6.54. The van der Waals surface area contributed by atoms with Crippen LogP contribution in [0.2, 0.25) is 0 Å². The van der Waals surface area contributed by atoms with E-state index >= 15 is 0 Å². The maximum absolute atomic E-state index is 10.4. The smallest absolute Gasteiger partial charge is 0.320 e. The standard InChI is InChI=1S/C9H20N2O2/c1-3-11(4-2)7-5-6-8(10)9(12)13/h8H,3-7,10H2,1-2H3,(H,12,13)/t8-/m1/s1. The molecule has 13 heavy (non-hydrogen) atoms. The van der Waals surface area contributed by atoms with Crippen molar-refractivity contribution >= 4 is 5.97 Å². The Labute approximate surface area is 79.7 Å². The van der Waals surface area contributed by atoms with E-state index in [1.807, 2.05) is 0 Å². The zero-order valence-electron chi connectivity index (χ0n) is 8.49. The summed E-state index contributed by atoms with van der Waals surface area (Å²) in [5, 5.41) is 8.52. The van der Waals surface area contributed by atoms with Crippen molar-refractivity contribution in [1.82, 2.24) is 4.90 Å². The molecule has 78 valence electrons. The predicted octanol–water partition coefficient (Wildman–Crippen LogP) is 0.520. The molecular formula is C9H20N2O2. The van der Waals surface area contributed by atoms with E-state index in [2.05, 4.69) is 18.7 Å². The van der Waals surface area contributed by atoms with Crippen molar-refractivity contribution in [2.24, 2.45) is 5.73 Å². The Morgan fingerprint density at radius 1 is 1.46 bits per heavy atom. The molecule has 0 aliphatic heterocycles. The van der Waals surface area contributed by atoms with Gasteiger partial charge >= 0.3 is 5.97 Å². The van der Waals surface area contributed by atoms with Gasteiger partial charge in [0, 0.05) is 0 Å². The van der Waals surface area contributed by atoms with E-state index in [4.69, 9.17) is 10.8 Å². The third-order valence-corrected chi connectivity index (χ3v) is 2.20. The highest BCUT2D eigenvalue weighted by atomic mass is 16.4. The van der Waals surface area contributed by atoms with Gasteiger partial charge in [-0.1, -0.05) is 13.8 Å². The van der Waals surface area contributed by atoms with Crippen molar-refractivity contribution in [3.8, 4) is 0 Å². The zero-order chi connectivity index (χ0) is 10.3. The van der Waals surface area contributed by atoms with Gasteiger partial charge in [-0.3, -0.25) is 4.79 Å². The van der Waals surface area contributed by atoms with Crippen LogP contribution in [0.3, 0.4) is 0 Å². The van der Waals surface area contributed by atoms with E-state index in [-0.39, 0.29) is 0 Å². The maximum Gasteiger partial charge on any atom is 0.320 e. The molecule has 0 rings (SSSR count). The van der Waals surface area contributed by atoms with E-state index in [1.54, 1.807) is 0 Å². The van der Waals surface area contributed by atoms with Crippen LogP contribution in [0, 0.1) is 0 Å². The molecule has 0 aromatic rings. The van der Waals surface area contributed by atoms with Gasteiger partial charge in [0.05, 0.1) is 0 Å². The number of hydrogen-bond donors (Lipinski definition) is 2. The largest absolute Gasteiger partial charge is 0.480 e. The summed E-state index contributed by atoms with van der Waals surface area (Å²) in [5.74, 6) is -0.903. The van der Waals surface area contributed by atoms with Crippen molar-refractivity contribution in [2.75, 3.05) is 19.6 Å². The molecular weight excluding hydrogens is 168 g/mol. The molecule has 1 atom stereocenters. The van der Waals surface area contributed by atoms with Crippen LogP contribution in [-0.4, -0.2) is 41.7 Å². The molecule has 0 aromatic heterocycles. The molecule has 0 aromatic carbocycles. The van der Waals surface area contributed by atoms with Crippen LogP contribution in [0.15, 0.2) is 0 Å². The second-order valence-corrected chi connectivity index (χ2v) is 3.11. The van der Waals surface area contributed by atoms with Gasteiger partial charge in [0.1, 0.15) is 6.04 Å². The fourth-order valence-corrected chi connectivity index (χ4v) is 1.20. The summed E-state index contributed by atoms with van der Waals surface area (Å²) in [6, 6.07) is -0.699. The van der Waals surface area contributed by atoms with Gasteiger partial charge < -0.3 is 15.7 Å². The first-order chi connectivity index (χ1) is 6.11. The van der Waals surface area contributed by atoms with Crippen molar-refractivity contribution in [1.29, 1.82) is 0 Å². The molecule has 0 amide bonds. The summed E-state index contributed by atoms with van der Waals surface area (Å²) < 4.78 is 0. The first-order valence-electron chi connectivity index (χ1n) is 4.82. The Morgan fingerprint density at radius 2 is 2.00 bits per heavy atom. The van der Waals surface area contributed by atoms with Crippen LogP contribution in [0.4, 0.5) is 0 Å². The maximum atomic E-state index is 10.4. The molecule has 4 nitrogen and oxygen atoms in total. The van der Waals surface area contributed by atoms with Gasteiger partial charge in [0.2, 0.25) is 0 Å². The lowest BCUT2D eigenvalue weighted by atomic mass is 10.1. The number of carbonyl (C=O) groups is 1. The van der Waals surface area contributed by atoms with E-state index in [1.165, 1.54) is 0 Å². The monoisotopic (exact) mass is 188 g/mol. The van der Waals surface area contributed by atoms with Gasteiger partial charge in [-0.05, 0) is 32.5 Å². The summed E-state index contributed by atoms with van der Waals surface area (Å²) in [5.41, 5.74) is 5.37. The van der Waals surface area contributed by atoms with Crippen LogP contribution in [0.5, 0.6) is 0 Å². The average Bonchev–Trinajstić information content (AvgIpc) is 2.12. The third kappa shape index (κ3) is 5.60. The molecule has 3 N–H and O–H groups in total. The van der Waals surface area contributed by atoms with Crippen LogP contribution < -0.4 is 5.73 Å². The SMILES string of the molecule is CCN(CC)CCC[C@@H](N)C(=O)O. The number of rotatable bonds is 7. The highest BCUT2D eigenvalue weighted by Crippen LogP contribution is 1.98. The van der Waals surface area contributed by atoms with Crippen LogP contribution in [0.25, 0.3) is 0 Å². The summed E-state index contributed by atoms with van der Waals surface area (Å²) >= 11 is 0. The molecule has 0 radical (unpaired) electrons. The summed E-state index contributed by atoms with van der Waals surface area (Å²) in [6.07, 6.45) is 1.42. The zero-order valence-corrected chi connectivity index (χ0v) is 8.49. The second kappa shape index (κ2) is 6.86. The minimum Gasteiger partial charge on any atom is -0.480 e. The first kappa shape index (κ1) is 12.4. The molecule has 0 aliphatic rings. The van der Waals surface area contributed by atoms with Crippen molar-refractivity contribution < 1.29 is 9.90 Å². The number of hydrogen-bond acceptors (Lipinski definition) is 3. The van der Waals surface area contributed by atoms with E-state index in [9.17, 15) is 4.79 Å². The van der Waals surface area contributed by atoms with E-state index in [0.717, 1.165) is 26.1 Å². The van der Waals surface area contributed by atoms with Gasteiger partial charge in [-0.2, -0.15) is 0 Å². The van der Waals surface area contributed by atoms with Gasteiger partial charge in [-0.25, -0.2) is 0 Å². The predicted molar refractivity (Wildman–Crippen MR) is 52.6 cm³/mol. The Morgan fingerprint density at radius 3 is 2.38 bits per heavy atom. The molecule has 0 spiro atoms. The third-order valence-electron chi connectivity index (χ3n) is 2.20. The molecule has 0 fully saturated rings. The number of nitrogens with zero attached hydrogens (tertiary/aromatic N) is 1. The second-order valence-electron chi connectivity index (χ2n) is 3.11. The van der Waals surface area contributed by atoms with Gasteiger partial charge in [0.15, 0.2) is 0 Å². The van der Waals surface area contributed by atoms with Gasteiger partial charge in [0.25, 0.3) is 0 Å². The topological polar surface area (TPSA) is 66.6 Å². The van der Waals surface area contributed by atoms with E-state index in [0.29, 0.717) is 6.42 Å². The number of carboxylic acid groups (broad SMARTS) is 1. The highest BCUT2D eigenvalue weighted by Gasteiger charge is 2.10. The Bertz CT molecular complexity index is 147. The van der Waals surface area contributed by atoms with Crippen LogP contribution >= 0.6 is 0 Å². The lowest BCUT2D eigenvalue weighted by Crippen LogP contribution is -2.32. The highest BCUT2D eigenvalue weighted by molar-refractivity contribution is 5.72.